The summed E-state index contributed by atoms with van der Waals surface area (Å²) >= 11 is 0. The van der Waals surface area contributed by atoms with E-state index in [1.807, 2.05) is 44.3 Å². The van der Waals surface area contributed by atoms with Crippen LogP contribution in [0.2, 0.25) is 0 Å². The van der Waals surface area contributed by atoms with E-state index in [0.29, 0.717) is 25.9 Å². The molecule has 6 nitrogen and oxygen atoms in total. The van der Waals surface area contributed by atoms with Crippen molar-refractivity contribution in [2.75, 3.05) is 13.1 Å². The third-order valence-electron chi connectivity index (χ3n) is 5.09. The van der Waals surface area contributed by atoms with Gasteiger partial charge >= 0.3 is 0 Å². The van der Waals surface area contributed by atoms with Crippen LogP contribution in [0.1, 0.15) is 42.8 Å². The molecular weight excluding hydrogens is 316 g/mol. The van der Waals surface area contributed by atoms with Crippen molar-refractivity contribution in [3.8, 4) is 0 Å². The van der Waals surface area contributed by atoms with Gasteiger partial charge in [0.2, 0.25) is 5.91 Å². The van der Waals surface area contributed by atoms with E-state index in [1.54, 1.807) is 0 Å². The molecule has 6 heteroatoms. The Bertz CT molecular complexity index is 802. The van der Waals surface area contributed by atoms with E-state index in [0.717, 1.165) is 22.4 Å². The first kappa shape index (κ1) is 17.9. The molecule has 3 heterocycles. The molecule has 0 aliphatic carbocycles. The molecule has 3 rings (SSSR count). The lowest BCUT2D eigenvalue weighted by atomic mass is 9.99. The van der Waals surface area contributed by atoms with Crippen molar-refractivity contribution in [3.63, 3.8) is 0 Å². The van der Waals surface area contributed by atoms with Crippen molar-refractivity contribution in [3.05, 3.63) is 22.5 Å². The zero-order valence-corrected chi connectivity index (χ0v) is 16.1. The molecule has 136 valence electrons. The second-order valence-electron chi connectivity index (χ2n) is 7.26. The predicted molar refractivity (Wildman–Crippen MR) is 97.6 cm³/mol. The summed E-state index contributed by atoms with van der Waals surface area (Å²) in [7, 11) is 1.92. The Hall–Kier alpha value is -1.95. The zero-order valence-electron chi connectivity index (χ0n) is 16.1. The van der Waals surface area contributed by atoms with Crippen LogP contribution in [0.3, 0.4) is 0 Å². The Morgan fingerprint density at radius 1 is 1.16 bits per heavy atom. The van der Waals surface area contributed by atoms with Gasteiger partial charge in [0.05, 0.1) is 17.9 Å². The molecule has 0 aromatic carbocycles. The van der Waals surface area contributed by atoms with E-state index in [2.05, 4.69) is 12.0 Å². The lowest BCUT2D eigenvalue weighted by Crippen LogP contribution is -2.48. The summed E-state index contributed by atoms with van der Waals surface area (Å²) in [4.78, 5) is 19.3. The zero-order chi connectivity index (χ0) is 18.3. The van der Waals surface area contributed by atoms with Gasteiger partial charge in [-0.05, 0) is 52.2 Å². The highest BCUT2D eigenvalue weighted by Crippen LogP contribution is 2.26. The minimum Gasteiger partial charge on any atom is -0.372 e. The van der Waals surface area contributed by atoms with Crippen LogP contribution < -0.4 is 0 Å². The lowest BCUT2D eigenvalue weighted by molar-refractivity contribution is -0.143. The second-order valence-corrected chi connectivity index (χ2v) is 7.26. The number of aromatic nitrogens is 3. The van der Waals surface area contributed by atoms with Gasteiger partial charge in [-0.2, -0.15) is 5.10 Å². The molecule has 1 aliphatic rings. The molecule has 0 saturated carbocycles. The highest BCUT2D eigenvalue weighted by Gasteiger charge is 2.26. The van der Waals surface area contributed by atoms with Gasteiger partial charge < -0.3 is 9.64 Å². The van der Waals surface area contributed by atoms with Crippen LogP contribution in [0.25, 0.3) is 11.0 Å². The molecule has 0 radical (unpaired) electrons. The van der Waals surface area contributed by atoms with E-state index in [1.165, 1.54) is 11.1 Å². The predicted octanol–water partition coefficient (Wildman–Crippen LogP) is 2.46. The SMILES string of the molecule is Cc1nc2c(c(C)nn2C)c(C)c1CCC(=O)N1C[C@@H](C)O[C@H](C)C1. The van der Waals surface area contributed by atoms with Crippen LogP contribution in [-0.2, 0) is 23.0 Å². The van der Waals surface area contributed by atoms with Crippen molar-refractivity contribution in [1.29, 1.82) is 0 Å². The van der Waals surface area contributed by atoms with Gasteiger partial charge in [-0.15, -0.1) is 0 Å². The van der Waals surface area contributed by atoms with Crippen molar-refractivity contribution in [2.24, 2.45) is 7.05 Å². The molecule has 1 saturated heterocycles. The summed E-state index contributed by atoms with van der Waals surface area (Å²) in [6.45, 7) is 11.6. The maximum absolute atomic E-state index is 12.7. The first-order chi connectivity index (χ1) is 11.8. The standard InChI is InChI=1S/C19H28N4O2/c1-11-9-23(10-12(2)25-11)17(24)8-7-16-13(3)18-15(5)21-22(6)19(18)20-14(16)4/h11-12H,7-10H2,1-6H3/t11-,12-/m1/s1. The molecule has 0 bridgehead atoms. The smallest absolute Gasteiger partial charge is 0.223 e. The monoisotopic (exact) mass is 344 g/mol. The van der Waals surface area contributed by atoms with Crippen LogP contribution in [0.15, 0.2) is 0 Å². The third kappa shape index (κ3) is 3.40. The van der Waals surface area contributed by atoms with Crippen molar-refractivity contribution < 1.29 is 9.53 Å². The molecule has 2 aromatic rings. The van der Waals surface area contributed by atoms with Gasteiger partial charge in [0.1, 0.15) is 0 Å². The Kier molecular flexibility index (Phi) is 4.82. The molecule has 0 unspecified atom stereocenters. The number of morpholine rings is 1. The average Bonchev–Trinajstić information content (AvgIpc) is 2.80. The topological polar surface area (TPSA) is 60.2 Å². The van der Waals surface area contributed by atoms with Gasteiger partial charge in [0.15, 0.2) is 5.65 Å². The molecule has 25 heavy (non-hydrogen) atoms. The number of rotatable bonds is 3. The summed E-state index contributed by atoms with van der Waals surface area (Å²) in [5, 5.41) is 5.60. The second kappa shape index (κ2) is 6.75. The summed E-state index contributed by atoms with van der Waals surface area (Å²) in [5.41, 5.74) is 5.27. The Morgan fingerprint density at radius 2 is 1.80 bits per heavy atom. The fourth-order valence-electron chi connectivity index (χ4n) is 4.00. The Balaban J connectivity index is 1.79. The fourth-order valence-corrected chi connectivity index (χ4v) is 4.00. The molecular formula is C19H28N4O2. The maximum atomic E-state index is 12.7. The quantitative estimate of drug-likeness (QED) is 0.858. The highest BCUT2D eigenvalue weighted by molar-refractivity contribution is 5.84. The van der Waals surface area contributed by atoms with Crippen LogP contribution in [-0.4, -0.2) is 50.9 Å². The summed E-state index contributed by atoms with van der Waals surface area (Å²) in [5.74, 6) is 0.198. The molecule has 1 fully saturated rings. The van der Waals surface area contributed by atoms with Crippen molar-refractivity contribution in [1.82, 2.24) is 19.7 Å². The number of carbonyl (C=O) groups excluding carboxylic acids is 1. The first-order valence-electron chi connectivity index (χ1n) is 9.00. The first-order valence-corrected chi connectivity index (χ1v) is 9.00. The van der Waals surface area contributed by atoms with Crippen LogP contribution >= 0.6 is 0 Å². The molecule has 0 spiro atoms. The summed E-state index contributed by atoms with van der Waals surface area (Å²) in [6, 6.07) is 0. The number of carbonyl (C=O) groups is 1. The van der Waals surface area contributed by atoms with Crippen LogP contribution in [0.4, 0.5) is 0 Å². The van der Waals surface area contributed by atoms with Gasteiger partial charge in [0.25, 0.3) is 0 Å². The lowest BCUT2D eigenvalue weighted by Gasteiger charge is -2.35. The number of amides is 1. The minimum absolute atomic E-state index is 0.104. The van der Waals surface area contributed by atoms with Crippen molar-refractivity contribution in [2.45, 2.75) is 59.7 Å². The molecule has 1 amide bonds. The number of ether oxygens (including phenoxy) is 1. The van der Waals surface area contributed by atoms with E-state index in [-0.39, 0.29) is 18.1 Å². The highest BCUT2D eigenvalue weighted by atomic mass is 16.5. The summed E-state index contributed by atoms with van der Waals surface area (Å²) < 4.78 is 7.55. The number of fused-ring (bicyclic) bond motifs is 1. The largest absolute Gasteiger partial charge is 0.372 e. The number of hydrogen-bond acceptors (Lipinski definition) is 4. The van der Waals surface area contributed by atoms with E-state index < -0.39 is 0 Å². The van der Waals surface area contributed by atoms with Crippen LogP contribution in [0, 0.1) is 20.8 Å². The van der Waals surface area contributed by atoms with Crippen molar-refractivity contribution >= 4 is 16.9 Å². The fraction of sp³-hybridized carbons (Fsp3) is 0.632. The Labute approximate surface area is 149 Å². The molecule has 0 N–H and O–H groups in total. The number of nitrogens with zero attached hydrogens (tertiary/aromatic N) is 4. The van der Waals surface area contributed by atoms with E-state index in [9.17, 15) is 4.79 Å². The van der Waals surface area contributed by atoms with Gasteiger partial charge in [-0.3, -0.25) is 9.48 Å². The number of hydrogen-bond donors (Lipinski definition) is 0. The van der Waals surface area contributed by atoms with Gasteiger partial charge in [0, 0.05) is 37.6 Å². The third-order valence-corrected chi connectivity index (χ3v) is 5.09. The number of pyridine rings is 1. The minimum atomic E-state index is 0.104. The molecule has 2 atom stereocenters. The maximum Gasteiger partial charge on any atom is 0.223 e. The van der Waals surface area contributed by atoms with Crippen LogP contribution in [0.5, 0.6) is 0 Å². The van der Waals surface area contributed by atoms with E-state index in [4.69, 9.17) is 9.72 Å². The molecule has 1 aliphatic heterocycles. The Morgan fingerprint density at radius 3 is 2.44 bits per heavy atom. The average molecular weight is 344 g/mol. The van der Waals surface area contributed by atoms with Gasteiger partial charge in [-0.25, -0.2) is 4.98 Å². The normalized spacial score (nSPS) is 21.1. The van der Waals surface area contributed by atoms with E-state index >= 15 is 0 Å². The summed E-state index contributed by atoms with van der Waals surface area (Å²) in [6.07, 6.45) is 1.43. The molecule has 2 aromatic heterocycles. The number of aryl methyl sites for hydroxylation is 4. The van der Waals surface area contributed by atoms with Gasteiger partial charge in [-0.1, -0.05) is 0 Å².